The van der Waals surface area contributed by atoms with Crippen molar-refractivity contribution in [1.29, 1.82) is 0 Å². The molecule has 1 fully saturated rings. The second-order valence-corrected chi connectivity index (χ2v) is 2.88. The zero-order valence-corrected chi connectivity index (χ0v) is 6.80. The molecule has 0 bridgehead atoms. The topological polar surface area (TPSA) is 37.4 Å². The molecule has 0 saturated carbocycles. The maximum absolute atomic E-state index is 11.0. The highest BCUT2D eigenvalue weighted by molar-refractivity contribution is 6.05. The Kier molecular flexibility index (Phi) is 2.63. The van der Waals surface area contributed by atoms with E-state index in [1.54, 1.807) is 4.90 Å². The van der Waals surface area contributed by atoms with Crippen molar-refractivity contribution in [1.82, 2.24) is 4.90 Å². The van der Waals surface area contributed by atoms with Gasteiger partial charge in [-0.2, -0.15) is 0 Å². The highest BCUT2D eigenvalue weighted by atomic mass is 16.2. The Morgan fingerprint density at radius 3 is 2.64 bits per heavy atom. The van der Waals surface area contributed by atoms with Gasteiger partial charge in [-0.15, -0.1) is 0 Å². The molecule has 0 unspecified atom stereocenters. The Bertz CT molecular complexity index is 177. The number of carbonyl (C=O) groups excluding carboxylic acids is 2. The molecule has 0 spiro atoms. The summed E-state index contributed by atoms with van der Waals surface area (Å²) in [5.41, 5.74) is 0. The summed E-state index contributed by atoms with van der Waals surface area (Å²) in [7, 11) is 0. The van der Waals surface area contributed by atoms with Gasteiger partial charge in [-0.1, -0.05) is 13.3 Å². The number of rotatable bonds is 3. The number of amides is 1. The largest absolute Gasteiger partial charge is 0.335 e. The van der Waals surface area contributed by atoms with Crippen molar-refractivity contribution in [3.8, 4) is 0 Å². The van der Waals surface area contributed by atoms with Crippen molar-refractivity contribution in [3.05, 3.63) is 0 Å². The minimum atomic E-state index is 0.00319. The molecular weight excluding hydrogens is 142 g/mol. The number of likely N-dealkylation sites (tertiary alicyclic amines) is 1. The highest BCUT2D eigenvalue weighted by Crippen LogP contribution is 2.07. The van der Waals surface area contributed by atoms with Crippen molar-refractivity contribution in [3.63, 3.8) is 0 Å². The van der Waals surface area contributed by atoms with Crippen LogP contribution in [0.3, 0.4) is 0 Å². The summed E-state index contributed by atoms with van der Waals surface area (Å²) in [6.45, 7) is 3.17. The molecular formula is C8H13NO2. The number of carbonyl (C=O) groups is 2. The zero-order valence-electron chi connectivity index (χ0n) is 6.80. The first-order chi connectivity index (χ1) is 5.24. The smallest absolute Gasteiger partial charge is 0.230 e. The van der Waals surface area contributed by atoms with Crippen LogP contribution in [0, 0.1) is 0 Å². The molecule has 1 saturated heterocycles. The lowest BCUT2D eigenvalue weighted by Gasteiger charge is -2.12. The maximum atomic E-state index is 11.0. The molecule has 3 heteroatoms. The molecule has 1 rings (SSSR count). The van der Waals surface area contributed by atoms with E-state index in [1.165, 1.54) is 0 Å². The van der Waals surface area contributed by atoms with Crippen molar-refractivity contribution >= 4 is 11.7 Å². The number of hydrogen-bond acceptors (Lipinski definition) is 2. The number of hydrogen-bond donors (Lipinski definition) is 0. The van der Waals surface area contributed by atoms with E-state index in [0.717, 1.165) is 19.4 Å². The third kappa shape index (κ3) is 2.03. The fourth-order valence-electron chi connectivity index (χ4n) is 1.19. The monoisotopic (exact) mass is 155 g/mol. The average Bonchev–Trinajstić information content (AvgIpc) is 2.26. The van der Waals surface area contributed by atoms with Gasteiger partial charge in [0.25, 0.3) is 0 Å². The van der Waals surface area contributed by atoms with E-state index in [1.807, 2.05) is 0 Å². The lowest BCUT2D eigenvalue weighted by molar-refractivity contribution is -0.127. The molecule has 1 aliphatic rings. The molecule has 0 aliphatic carbocycles. The van der Waals surface area contributed by atoms with Crippen LogP contribution in [0.25, 0.3) is 0 Å². The standard InChI is InChI=1S/C8H13NO2/c1-2-3-4-9-6-7(10)5-8(9)11/h2-6H2,1H3. The Hall–Kier alpha value is -0.860. The Labute approximate surface area is 66.4 Å². The van der Waals surface area contributed by atoms with E-state index < -0.39 is 0 Å². The minimum absolute atomic E-state index is 0.00319. The molecule has 0 aromatic heterocycles. The van der Waals surface area contributed by atoms with Gasteiger partial charge in [0.1, 0.15) is 0 Å². The first kappa shape index (κ1) is 8.24. The lowest BCUT2D eigenvalue weighted by Crippen LogP contribution is -2.26. The first-order valence-corrected chi connectivity index (χ1v) is 4.03. The fourth-order valence-corrected chi connectivity index (χ4v) is 1.19. The first-order valence-electron chi connectivity index (χ1n) is 4.03. The minimum Gasteiger partial charge on any atom is -0.335 e. The van der Waals surface area contributed by atoms with Crippen LogP contribution in [0.15, 0.2) is 0 Å². The Morgan fingerprint density at radius 2 is 2.18 bits per heavy atom. The van der Waals surface area contributed by atoms with E-state index in [9.17, 15) is 9.59 Å². The molecule has 0 atom stereocenters. The van der Waals surface area contributed by atoms with Crippen LogP contribution in [0.1, 0.15) is 26.2 Å². The quantitative estimate of drug-likeness (QED) is 0.559. The second kappa shape index (κ2) is 3.51. The SMILES string of the molecule is CCCCN1CC(=O)CC1=O. The van der Waals surface area contributed by atoms with Crippen LogP contribution in [-0.4, -0.2) is 29.7 Å². The molecule has 11 heavy (non-hydrogen) atoms. The fraction of sp³-hybridized carbons (Fsp3) is 0.750. The Balaban J connectivity index is 2.34. The van der Waals surface area contributed by atoms with E-state index in [2.05, 4.69) is 6.92 Å². The third-order valence-electron chi connectivity index (χ3n) is 1.85. The summed E-state index contributed by atoms with van der Waals surface area (Å²) >= 11 is 0. The summed E-state index contributed by atoms with van der Waals surface area (Å²) in [6, 6.07) is 0. The predicted molar refractivity (Wildman–Crippen MR) is 41.1 cm³/mol. The number of nitrogens with zero attached hydrogens (tertiary/aromatic N) is 1. The van der Waals surface area contributed by atoms with Gasteiger partial charge < -0.3 is 4.90 Å². The number of Topliss-reactive ketones (excluding diaryl/α,β-unsaturated/α-hetero) is 1. The van der Waals surface area contributed by atoms with Crippen molar-refractivity contribution in [2.24, 2.45) is 0 Å². The summed E-state index contributed by atoms with van der Waals surface area (Å²) in [4.78, 5) is 23.4. The van der Waals surface area contributed by atoms with Crippen LogP contribution in [-0.2, 0) is 9.59 Å². The van der Waals surface area contributed by atoms with Crippen LogP contribution in [0.4, 0.5) is 0 Å². The molecule has 0 N–H and O–H groups in total. The van der Waals surface area contributed by atoms with Gasteiger partial charge in [0.15, 0.2) is 5.78 Å². The van der Waals surface area contributed by atoms with E-state index in [-0.39, 0.29) is 18.1 Å². The summed E-state index contributed by atoms with van der Waals surface area (Å²) < 4.78 is 0. The predicted octanol–water partition coefficient (Wildman–Crippen LogP) is 0.588. The van der Waals surface area contributed by atoms with E-state index in [0.29, 0.717) is 6.54 Å². The van der Waals surface area contributed by atoms with Gasteiger partial charge >= 0.3 is 0 Å². The molecule has 1 amide bonds. The van der Waals surface area contributed by atoms with Crippen LogP contribution in [0.2, 0.25) is 0 Å². The molecule has 0 aromatic rings. The van der Waals surface area contributed by atoms with Crippen molar-refractivity contribution < 1.29 is 9.59 Å². The van der Waals surface area contributed by atoms with E-state index >= 15 is 0 Å². The highest BCUT2D eigenvalue weighted by Gasteiger charge is 2.26. The third-order valence-corrected chi connectivity index (χ3v) is 1.85. The van der Waals surface area contributed by atoms with Crippen molar-refractivity contribution in [2.75, 3.05) is 13.1 Å². The van der Waals surface area contributed by atoms with Crippen molar-refractivity contribution in [2.45, 2.75) is 26.2 Å². The van der Waals surface area contributed by atoms with Gasteiger partial charge in [-0.05, 0) is 6.42 Å². The van der Waals surface area contributed by atoms with Gasteiger partial charge in [0.05, 0.1) is 13.0 Å². The lowest BCUT2D eigenvalue weighted by atomic mass is 10.3. The molecule has 62 valence electrons. The molecule has 0 aromatic carbocycles. The number of unbranched alkanes of at least 4 members (excludes halogenated alkanes) is 1. The van der Waals surface area contributed by atoms with Gasteiger partial charge in [0.2, 0.25) is 5.91 Å². The molecule has 3 nitrogen and oxygen atoms in total. The normalized spacial score (nSPS) is 18.1. The molecule has 1 heterocycles. The summed E-state index contributed by atoms with van der Waals surface area (Å²) in [5.74, 6) is 0.0644. The van der Waals surface area contributed by atoms with Gasteiger partial charge in [0, 0.05) is 6.54 Å². The van der Waals surface area contributed by atoms with E-state index in [4.69, 9.17) is 0 Å². The molecule has 1 aliphatic heterocycles. The maximum Gasteiger partial charge on any atom is 0.230 e. The van der Waals surface area contributed by atoms with Crippen LogP contribution < -0.4 is 0 Å². The second-order valence-electron chi connectivity index (χ2n) is 2.88. The zero-order chi connectivity index (χ0) is 8.27. The van der Waals surface area contributed by atoms with Gasteiger partial charge in [-0.25, -0.2) is 0 Å². The summed E-state index contributed by atoms with van der Waals surface area (Å²) in [6.07, 6.45) is 2.20. The van der Waals surface area contributed by atoms with Gasteiger partial charge in [-0.3, -0.25) is 9.59 Å². The Morgan fingerprint density at radius 1 is 1.45 bits per heavy atom. The van der Waals surface area contributed by atoms with Crippen LogP contribution in [0.5, 0.6) is 0 Å². The summed E-state index contributed by atoms with van der Waals surface area (Å²) in [5, 5.41) is 0. The average molecular weight is 155 g/mol. The van der Waals surface area contributed by atoms with Crippen LogP contribution >= 0.6 is 0 Å². The molecule has 0 radical (unpaired) electrons. The number of ketones is 1.